The minimum absolute atomic E-state index is 0.141. The van der Waals surface area contributed by atoms with Crippen LogP contribution in [0.15, 0.2) is 66.4 Å². The third-order valence-corrected chi connectivity index (χ3v) is 6.03. The minimum atomic E-state index is -0.295. The maximum Gasteiger partial charge on any atom is 0.244 e. The van der Waals surface area contributed by atoms with Gasteiger partial charge < -0.3 is 29.4 Å². The fourth-order valence-corrected chi connectivity index (χ4v) is 3.99. The Kier molecular flexibility index (Phi) is 10.1. The van der Waals surface area contributed by atoms with Crippen molar-refractivity contribution in [2.24, 2.45) is 0 Å². The van der Waals surface area contributed by atoms with Gasteiger partial charge in [-0.1, -0.05) is 23.9 Å². The number of benzene rings is 2. The number of ether oxygens (including phenoxy) is 3. The molecule has 0 spiro atoms. The summed E-state index contributed by atoms with van der Waals surface area (Å²) in [5.74, 6) is 2.10. The number of carbonyl (C=O) groups is 2. The summed E-state index contributed by atoms with van der Waals surface area (Å²) in [5.41, 5.74) is 1.46. The predicted molar refractivity (Wildman–Crippen MR) is 143 cm³/mol. The molecule has 0 aliphatic heterocycles. The van der Waals surface area contributed by atoms with Crippen LogP contribution in [0.3, 0.4) is 0 Å². The van der Waals surface area contributed by atoms with Crippen LogP contribution >= 0.6 is 11.8 Å². The molecule has 0 saturated heterocycles. The molecule has 194 valence electrons. The Morgan fingerprint density at radius 3 is 2.46 bits per heavy atom. The molecule has 0 fully saturated rings. The summed E-state index contributed by atoms with van der Waals surface area (Å²) in [6.45, 7) is 4.37. The largest absolute Gasteiger partial charge is 0.497 e. The van der Waals surface area contributed by atoms with Crippen molar-refractivity contribution in [2.75, 3.05) is 32.4 Å². The van der Waals surface area contributed by atoms with E-state index in [0.717, 1.165) is 5.56 Å². The summed E-state index contributed by atoms with van der Waals surface area (Å²) in [6.07, 6.45) is 4.80. The quantitative estimate of drug-likeness (QED) is 0.199. The van der Waals surface area contributed by atoms with E-state index in [-0.39, 0.29) is 24.1 Å². The summed E-state index contributed by atoms with van der Waals surface area (Å²) >= 11 is 1.25. The number of amides is 2. The van der Waals surface area contributed by atoms with Gasteiger partial charge in [-0.15, -0.1) is 16.8 Å². The van der Waals surface area contributed by atoms with Crippen LogP contribution in [0, 0.1) is 0 Å². The molecule has 2 aromatic carbocycles. The Hall–Kier alpha value is -4.25. The van der Waals surface area contributed by atoms with Gasteiger partial charge in [-0.2, -0.15) is 0 Å². The highest BCUT2D eigenvalue weighted by molar-refractivity contribution is 7.99. The molecule has 1 heterocycles. The number of hydrogen-bond acceptors (Lipinski definition) is 8. The van der Waals surface area contributed by atoms with Crippen LogP contribution in [-0.4, -0.2) is 53.7 Å². The number of nitrogens with one attached hydrogen (secondary N) is 2. The van der Waals surface area contributed by atoms with Gasteiger partial charge in [0, 0.05) is 18.3 Å². The fraction of sp³-hybridized carbons (Fsp3) is 0.231. The van der Waals surface area contributed by atoms with Crippen molar-refractivity contribution in [2.45, 2.75) is 18.2 Å². The van der Waals surface area contributed by atoms with E-state index in [0.29, 0.717) is 40.5 Å². The number of aromatic nitrogens is 3. The molecule has 0 aliphatic rings. The van der Waals surface area contributed by atoms with Gasteiger partial charge in [0.2, 0.25) is 11.8 Å². The lowest BCUT2D eigenvalue weighted by molar-refractivity contribution is -0.116. The lowest BCUT2D eigenvalue weighted by atomic mass is 10.2. The van der Waals surface area contributed by atoms with Gasteiger partial charge in [0.25, 0.3) is 0 Å². The maximum atomic E-state index is 12.4. The standard InChI is InChI=1S/C26H29N5O5S/c1-5-14-31-23(16-27-24(32)13-7-18-6-12-21(35-3)22(15-18)36-4)29-30-26(31)37-17-25(33)28-19-8-10-20(34-2)11-9-19/h5-13,15H,1,14,16-17H2,2-4H3,(H,27,32)(H,28,33)/b13-7+. The van der Waals surface area contributed by atoms with Gasteiger partial charge in [-0.3, -0.25) is 9.59 Å². The summed E-state index contributed by atoms with van der Waals surface area (Å²) in [6, 6.07) is 12.4. The van der Waals surface area contributed by atoms with E-state index in [1.807, 2.05) is 6.07 Å². The summed E-state index contributed by atoms with van der Waals surface area (Å²) in [7, 11) is 4.70. The van der Waals surface area contributed by atoms with Gasteiger partial charge in [0.15, 0.2) is 22.5 Å². The van der Waals surface area contributed by atoms with E-state index >= 15 is 0 Å². The maximum absolute atomic E-state index is 12.4. The van der Waals surface area contributed by atoms with Gasteiger partial charge in [-0.05, 0) is 48.0 Å². The van der Waals surface area contributed by atoms with Crippen molar-refractivity contribution in [3.05, 3.63) is 72.6 Å². The smallest absolute Gasteiger partial charge is 0.244 e. The van der Waals surface area contributed by atoms with Gasteiger partial charge in [0.05, 0.1) is 33.6 Å². The molecule has 2 amide bonds. The van der Waals surface area contributed by atoms with Crippen molar-refractivity contribution in [3.8, 4) is 17.2 Å². The van der Waals surface area contributed by atoms with Crippen LogP contribution in [0.4, 0.5) is 5.69 Å². The van der Waals surface area contributed by atoms with E-state index in [1.54, 1.807) is 74.4 Å². The van der Waals surface area contributed by atoms with Crippen molar-refractivity contribution in [1.29, 1.82) is 0 Å². The first-order chi connectivity index (χ1) is 18.0. The molecule has 3 rings (SSSR count). The normalized spacial score (nSPS) is 10.7. The third kappa shape index (κ3) is 7.87. The highest BCUT2D eigenvalue weighted by Gasteiger charge is 2.14. The molecule has 0 unspecified atom stereocenters. The minimum Gasteiger partial charge on any atom is -0.497 e. The molecule has 0 radical (unpaired) electrons. The summed E-state index contributed by atoms with van der Waals surface area (Å²) in [5, 5.41) is 14.5. The van der Waals surface area contributed by atoms with E-state index in [4.69, 9.17) is 14.2 Å². The molecule has 10 nitrogen and oxygen atoms in total. The van der Waals surface area contributed by atoms with Crippen molar-refractivity contribution < 1.29 is 23.8 Å². The Bertz CT molecular complexity index is 1260. The first kappa shape index (κ1) is 27.3. The number of rotatable bonds is 13. The second-order valence-corrected chi connectivity index (χ2v) is 8.47. The van der Waals surface area contributed by atoms with Crippen LogP contribution in [-0.2, 0) is 22.7 Å². The monoisotopic (exact) mass is 523 g/mol. The van der Waals surface area contributed by atoms with Gasteiger partial charge in [0.1, 0.15) is 5.75 Å². The van der Waals surface area contributed by atoms with Crippen LogP contribution in [0.5, 0.6) is 17.2 Å². The SMILES string of the molecule is C=CCn1c(CNC(=O)/C=C/c2ccc(OC)c(OC)c2)nnc1SCC(=O)Nc1ccc(OC)cc1. The molecule has 0 aliphatic carbocycles. The van der Waals surface area contributed by atoms with Crippen molar-refractivity contribution in [3.63, 3.8) is 0 Å². The Morgan fingerprint density at radius 2 is 1.78 bits per heavy atom. The first-order valence-electron chi connectivity index (χ1n) is 11.2. The molecular weight excluding hydrogens is 494 g/mol. The fourth-order valence-electron chi connectivity index (χ4n) is 3.22. The third-order valence-electron chi connectivity index (χ3n) is 5.07. The molecular formula is C26H29N5O5S. The van der Waals surface area contributed by atoms with E-state index in [1.165, 1.54) is 17.8 Å². The number of methoxy groups -OCH3 is 3. The Labute approximate surface area is 219 Å². The zero-order chi connectivity index (χ0) is 26.6. The summed E-state index contributed by atoms with van der Waals surface area (Å²) < 4.78 is 17.4. The highest BCUT2D eigenvalue weighted by atomic mass is 32.2. The van der Waals surface area contributed by atoms with Crippen molar-refractivity contribution >= 4 is 35.3 Å². The lowest BCUT2D eigenvalue weighted by Gasteiger charge is -2.09. The molecule has 37 heavy (non-hydrogen) atoms. The Morgan fingerprint density at radius 1 is 1.03 bits per heavy atom. The second-order valence-electron chi connectivity index (χ2n) is 7.53. The topological polar surface area (TPSA) is 117 Å². The van der Waals surface area contributed by atoms with E-state index < -0.39 is 0 Å². The van der Waals surface area contributed by atoms with E-state index in [2.05, 4.69) is 27.4 Å². The second kappa shape index (κ2) is 13.7. The number of anilines is 1. The van der Waals surface area contributed by atoms with Crippen LogP contribution in [0.25, 0.3) is 6.08 Å². The van der Waals surface area contributed by atoms with Crippen molar-refractivity contribution in [1.82, 2.24) is 20.1 Å². The number of hydrogen-bond donors (Lipinski definition) is 2. The molecule has 0 atom stereocenters. The van der Waals surface area contributed by atoms with Crippen LogP contribution in [0.2, 0.25) is 0 Å². The van der Waals surface area contributed by atoms with Gasteiger partial charge >= 0.3 is 0 Å². The predicted octanol–water partition coefficient (Wildman–Crippen LogP) is 3.55. The number of nitrogens with zero attached hydrogens (tertiary/aromatic N) is 3. The molecule has 11 heteroatoms. The molecule has 1 aromatic heterocycles. The molecule has 0 saturated carbocycles. The van der Waals surface area contributed by atoms with Crippen LogP contribution in [0.1, 0.15) is 11.4 Å². The lowest BCUT2D eigenvalue weighted by Crippen LogP contribution is -2.23. The zero-order valence-corrected chi connectivity index (χ0v) is 21.7. The average Bonchev–Trinajstić information content (AvgIpc) is 3.31. The Balaban J connectivity index is 1.56. The zero-order valence-electron chi connectivity index (χ0n) is 20.9. The highest BCUT2D eigenvalue weighted by Crippen LogP contribution is 2.28. The summed E-state index contributed by atoms with van der Waals surface area (Å²) in [4.78, 5) is 24.8. The number of allylic oxidation sites excluding steroid dienone is 1. The molecule has 2 N–H and O–H groups in total. The van der Waals surface area contributed by atoms with Crippen LogP contribution < -0.4 is 24.8 Å². The van der Waals surface area contributed by atoms with E-state index in [9.17, 15) is 9.59 Å². The number of carbonyl (C=O) groups excluding carboxylic acids is 2. The van der Waals surface area contributed by atoms with Gasteiger partial charge in [-0.25, -0.2) is 0 Å². The average molecular weight is 524 g/mol. The molecule has 0 bridgehead atoms. The molecule has 3 aromatic rings. The number of thioether (sulfide) groups is 1. The first-order valence-corrected chi connectivity index (χ1v) is 12.2.